The van der Waals surface area contributed by atoms with Crippen LogP contribution in [0.1, 0.15) is 53.4 Å². The number of hydrogen-bond donors (Lipinski definition) is 1. The van der Waals surface area contributed by atoms with E-state index in [9.17, 15) is 18.0 Å². The molecule has 0 radical (unpaired) electrons. The Hall–Kier alpha value is -2.43. The van der Waals surface area contributed by atoms with Gasteiger partial charge in [-0.15, -0.1) is 11.3 Å². The number of rotatable bonds is 7. The summed E-state index contributed by atoms with van der Waals surface area (Å²) in [6.07, 6.45) is 4.67. The summed E-state index contributed by atoms with van der Waals surface area (Å²) < 4.78 is 38.1. The van der Waals surface area contributed by atoms with Crippen molar-refractivity contribution in [3.8, 4) is 5.75 Å². The highest BCUT2D eigenvalue weighted by molar-refractivity contribution is 7.89. The van der Waals surface area contributed by atoms with Gasteiger partial charge in [0.2, 0.25) is 15.9 Å². The molecule has 1 aliphatic carbocycles. The molecule has 1 amide bonds. The number of thiophene rings is 1. The van der Waals surface area contributed by atoms with Crippen molar-refractivity contribution in [2.75, 3.05) is 25.6 Å². The summed E-state index contributed by atoms with van der Waals surface area (Å²) in [4.78, 5) is 27.1. The molecule has 33 heavy (non-hydrogen) atoms. The van der Waals surface area contributed by atoms with Crippen LogP contribution in [0.25, 0.3) is 0 Å². The Morgan fingerprint density at radius 2 is 1.88 bits per heavy atom. The summed E-state index contributed by atoms with van der Waals surface area (Å²) in [5.41, 5.74) is 1.38. The van der Waals surface area contributed by atoms with Gasteiger partial charge in [0.15, 0.2) is 0 Å². The first-order chi connectivity index (χ1) is 15.9. The zero-order valence-corrected chi connectivity index (χ0v) is 20.4. The van der Waals surface area contributed by atoms with E-state index in [0.29, 0.717) is 29.2 Å². The molecule has 0 bridgehead atoms. The van der Waals surface area contributed by atoms with Crippen LogP contribution in [0.5, 0.6) is 5.75 Å². The van der Waals surface area contributed by atoms with Crippen molar-refractivity contribution < 1.29 is 27.5 Å². The fourth-order valence-corrected chi connectivity index (χ4v) is 7.38. The lowest BCUT2D eigenvalue weighted by atomic mass is 9.95. The van der Waals surface area contributed by atoms with E-state index in [0.717, 1.165) is 36.1 Å². The van der Waals surface area contributed by atoms with Crippen LogP contribution in [-0.4, -0.2) is 50.9 Å². The number of amides is 1. The monoisotopic (exact) mass is 492 g/mol. The van der Waals surface area contributed by atoms with Gasteiger partial charge in [-0.1, -0.05) is 0 Å². The average Bonchev–Trinajstić information content (AvgIpc) is 3.44. The third-order valence-corrected chi connectivity index (χ3v) is 9.19. The maximum Gasteiger partial charge on any atom is 0.341 e. The molecule has 1 atom stereocenters. The van der Waals surface area contributed by atoms with Gasteiger partial charge in [0.25, 0.3) is 0 Å². The van der Waals surface area contributed by atoms with Crippen molar-refractivity contribution in [3.05, 3.63) is 40.3 Å². The Labute approximate surface area is 197 Å². The second kappa shape index (κ2) is 9.82. The van der Waals surface area contributed by atoms with Crippen molar-refractivity contribution in [1.29, 1.82) is 0 Å². The van der Waals surface area contributed by atoms with Gasteiger partial charge in [0.1, 0.15) is 16.8 Å². The Morgan fingerprint density at radius 1 is 1.15 bits per heavy atom. The number of esters is 1. The number of methoxy groups -OCH3 is 1. The van der Waals surface area contributed by atoms with Crippen LogP contribution in [0.2, 0.25) is 0 Å². The topological polar surface area (TPSA) is 102 Å². The second-order valence-electron chi connectivity index (χ2n) is 8.07. The number of fused-ring (bicyclic) bond motifs is 1. The summed E-state index contributed by atoms with van der Waals surface area (Å²) in [5.74, 6) is -0.312. The number of aryl methyl sites for hydroxylation is 1. The average molecular weight is 493 g/mol. The molecule has 2 aliphatic rings. The van der Waals surface area contributed by atoms with Crippen LogP contribution in [-0.2, 0) is 32.4 Å². The van der Waals surface area contributed by atoms with Crippen molar-refractivity contribution in [2.24, 2.45) is 0 Å². The molecular weight excluding hydrogens is 464 g/mol. The largest absolute Gasteiger partial charge is 0.497 e. The van der Waals surface area contributed by atoms with Gasteiger partial charge in [-0.3, -0.25) is 4.79 Å². The molecule has 1 aromatic heterocycles. The number of benzene rings is 1. The lowest BCUT2D eigenvalue weighted by molar-refractivity contribution is -0.119. The summed E-state index contributed by atoms with van der Waals surface area (Å²) in [5, 5.41) is 3.33. The SMILES string of the molecule is CCOC(=O)c1c(NC(=O)C2CCCN2S(=O)(=O)c2ccc(OC)cc2)sc2c1CCCC2. The molecule has 1 N–H and O–H groups in total. The van der Waals surface area contributed by atoms with E-state index in [2.05, 4.69) is 5.32 Å². The predicted molar refractivity (Wildman–Crippen MR) is 125 cm³/mol. The highest BCUT2D eigenvalue weighted by Crippen LogP contribution is 2.39. The number of anilines is 1. The number of ether oxygens (including phenoxy) is 2. The lowest BCUT2D eigenvalue weighted by Gasteiger charge is -2.23. The van der Waals surface area contributed by atoms with Crippen molar-refractivity contribution in [2.45, 2.75) is 56.4 Å². The fourth-order valence-electron chi connectivity index (χ4n) is 4.44. The van der Waals surface area contributed by atoms with Crippen LogP contribution < -0.4 is 10.1 Å². The molecule has 1 aromatic carbocycles. The number of carbonyl (C=O) groups excluding carboxylic acids is 2. The Balaban J connectivity index is 1.59. The number of hydrogen-bond acceptors (Lipinski definition) is 7. The third kappa shape index (κ3) is 4.64. The Bertz CT molecular complexity index is 1140. The van der Waals surface area contributed by atoms with E-state index in [1.807, 2.05) is 0 Å². The zero-order chi connectivity index (χ0) is 23.6. The van der Waals surface area contributed by atoms with E-state index in [-0.39, 0.29) is 18.0 Å². The molecule has 2 heterocycles. The minimum absolute atomic E-state index is 0.113. The molecule has 8 nitrogen and oxygen atoms in total. The molecule has 1 saturated heterocycles. The van der Waals surface area contributed by atoms with Crippen molar-refractivity contribution in [3.63, 3.8) is 0 Å². The van der Waals surface area contributed by atoms with Gasteiger partial charge in [-0.2, -0.15) is 4.31 Å². The van der Waals surface area contributed by atoms with E-state index in [1.165, 1.54) is 34.9 Å². The highest BCUT2D eigenvalue weighted by Gasteiger charge is 2.40. The van der Waals surface area contributed by atoms with E-state index in [4.69, 9.17) is 9.47 Å². The number of sulfonamides is 1. The van der Waals surface area contributed by atoms with Gasteiger partial charge in [-0.25, -0.2) is 13.2 Å². The molecule has 4 rings (SSSR count). The molecule has 1 aliphatic heterocycles. The van der Waals surface area contributed by atoms with Gasteiger partial charge in [0, 0.05) is 11.4 Å². The highest BCUT2D eigenvalue weighted by atomic mass is 32.2. The summed E-state index contributed by atoms with van der Waals surface area (Å²) >= 11 is 1.40. The molecular formula is C23H28N2O6S2. The zero-order valence-electron chi connectivity index (χ0n) is 18.8. The number of carbonyl (C=O) groups is 2. The van der Waals surface area contributed by atoms with Crippen molar-refractivity contribution in [1.82, 2.24) is 4.31 Å². The minimum atomic E-state index is -3.86. The first-order valence-electron chi connectivity index (χ1n) is 11.1. The molecule has 1 fully saturated rings. The van der Waals surface area contributed by atoms with Gasteiger partial charge in [-0.05, 0) is 75.3 Å². The van der Waals surface area contributed by atoms with Crippen molar-refractivity contribution >= 4 is 38.2 Å². The van der Waals surface area contributed by atoms with Crippen LogP contribution in [0, 0.1) is 0 Å². The summed E-state index contributed by atoms with van der Waals surface area (Å²) in [6.45, 7) is 2.25. The van der Waals surface area contributed by atoms with Gasteiger partial charge < -0.3 is 14.8 Å². The maximum atomic E-state index is 13.3. The summed E-state index contributed by atoms with van der Waals surface area (Å²) in [7, 11) is -2.35. The fraction of sp³-hybridized carbons (Fsp3) is 0.478. The maximum absolute atomic E-state index is 13.3. The molecule has 0 saturated carbocycles. The molecule has 178 valence electrons. The molecule has 2 aromatic rings. The first-order valence-corrected chi connectivity index (χ1v) is 13.4. The van der Waals surface area contributed by atoms with Crippen LogP contribution >= 0.6 is 11.3 Å². The quantitative estimate of drug-likeness (QED) is 0.593. The minimum Gasteiger partial charge on any atom is -0.497 e. The standard InChI is InChI=1S/C23H28N2O6S2/c1-3-31-23(27)20-17-7-4-5-9-19(17)32-22(20)24-21(26)18-8-6-14-25(18)33(28,29)16-12-10-15(30-2)11-13-16/h10-13,18H,3-9,14H2,1-2H3,(H,24,26). The van der Waals surface area contributed by atoms with E-state index in [1.54, 1.807) is 19.1 Å². The second-order valence-corrected chi connectivity index (χ2v) is 11.1. The first kappa shape index (κ1) is 23.7. The Kier molecular flexibility index (Phi) is 7.06. The van der Waals surface area contributed by atoms with Crippen LogP contribution in [0.4, 0.5) is 5.00 Å². The summed E-state index contributed by atoms with van der Waals surface area (Å²) in [6, 6.07) is 5.28. The normalized spacial score (nSPS) is 18.5. The van der Waals surface area contributed by atoms with E-state index < -0.39 is 27.9 Å². The van der Waals surface area contributed by atoms with Gasteiger partial charge in [0.05, 0.1) is 24.2 Å². The third-order valence-electron chi connectivity index (χ3n) is 6.06. The number of nitrogens with one attached hydrogen (secondary N) is 1. The smallest absolute Gasteiger partial charge is 0.341 e. The van der Waals surface area contributed by atoms with Gasteiger partial charge >= 0.3 is 5.97 Å². The van der Waals surface area contributed by atoms with Crippen LogP contribution in [0.3, 0.4) is 0 Å². The van der Waals surface area contributed by atoms with E-state index >= 15 is 0 Å². The molecule has 0 spiro atoms. The lowest BCUT2D eigenvalue weighted by Crippen LogP contribution is -2.43. The Morgan fingerprint density at radius 3 is 2.58 bits per heavy atom. The van der Waals surface area contributed by atoms with Crippen LogP contribution in [0.15, 0.2) is 29.2 Å². The molecule has 10 heteroatoms. The molecule has 1 unspecified atom stereocenters. The number of nitrogens with zero attached hydrogens (tertiary/aromatic N) is 1. The predicted octanol–water partition coefficient (Wildman–Crippen LogP) is 3.60.